The Hall–Kier alpha value is -0.590. The van der Waals surface area contributed by atoms with Crippen LogP contribution in [0.1, 0.15) is 0 Å². The molecule has 0 radical (unpaired) electrons. The maximum absolute atomic E-state index is 5.36. The summed E-state index contributed by atoms with van der Waals surface area (Å²) in [6.45, 7) is 0. The summed E-state index contributed by atoms with van der Waals surface area (Å²) in [6, 6.07) is 8.82. The molecule has 0 bridgehead atoms. The molecule has 0 atom stereocenters. The van der Waals surface area contributed by atoms with E-state index in [1.54, 1.807) is 45.3 Å². The van der Waals surface area contributed by atoms with Crippen LogP contribution in [-0.4, -0.2) is 0 Å². The predicted octanol–water partition coefficient (Wildman–Crippen LogP) is 6.64. The summed E-state index contributed by atoms with van der Waals surface area (Å²) in [5, 5.41) is 5.67. The van der Waals surface area contributed by atoms with Gasteiger partial charge in [0.25, 0.3) is 0 Å². The third-order valence-corrected chi connectivity index (χ3v) is 7.21. The number of rotatable bonds is 1. The van der Waals surface area contributed by atoms with Gasteiger partial charge in [0.05, 0.1) is 4.70 Å². The summed E-state index contributed by atoms with van der Waals surface area (Å²) in [6.07, 6.45) is 0. The fourth-order valence-corrected chi connectivity index (χ4v) is 6.52. The molecule has 4 rings (SSSR count). The van der Waals surface area contributed by atoms with Gasteiger partial charge in [-0.15, -0.1) is 45.3 Å². The van der Waals surface area contributed by atoms with Crippen molar-refractivity contribution in [2.45, 2.75) is 0 Å². The van der Waals surface area contributed by atoms with E-state index in [0.717, 1.165) is 3.14 Å². The molecule has 4 aromatic rings. The highest BCUT2D eigenvalue weighted by Gasteiger charge is 2.13. The van der Waals surface area contributed by atoms with Gasteiger partial charge < -0.3 is 0 Å². The fourth-order valence-electron chi connectivity index (χ4n) is 2.11. The molecule has 0 N–H and O–H groups in total. The Morgan fingerprint density at radius 2 is 1.89 bits per heavy atom. The van der Waals surface area contributed by atoms with Gasteiger partial charge in [0, 0.05) is 25.2 Å². The van der Waals surface area contributed by atoms with Gasteiger partial charge in [0.2, 0.25) is 0 Å². The molecule has 1 aromatic carbocycles. The summed E-state index contributed by atoms with van der Waals surface area (Å²) in [4.78, 5) is 1.34. The van der Waals surface area contributed by atoms with Crippen molar-refractivity contribution >= 4 is 77.1 Å². The van der Waals surface area contributed by atoms with Crippen LogP contribution >= 0.6 is 57.6 Å². The average Bonchev–Trinajstić information content (AvgIpc) is 3.03. The fraction of sp³-hybridized carbons (Fsp3) is 0. The van der Waals surface area contributed by atoms with Crippen molar-refractivity contribution in [3.05, 3.63) is 38.2 Å². The van der Waals surface area contributed by atoms with Gasteiger partial charge in [-0.25, -0.2) is 0 Å². The Balaban J connectivity index is 2.29. The quantitative estimate of drug-likeness (QED) is 0.354. The van der Waals surface area contributed by atoms with Crippen molar-refractivity contribution in [1.29, 1.82) is 0 Å². The third-order valence-electron chi connectivity index (χ3n) is 2.82. The van der Waals surface area contributed by atoms with E-state index in [1.807, 2.05) is 0 Å². The van der Waals surface area contributed by atoms with Crippen LogP contribution in [0.5, 0.6) is 0 Å². The molecule has 3 heterocycles. The zero-order valence-corrected chi connectivity index (χ0v) is 13.1. The SMILES string of the molecule is S=c1sc2cc3sccc3c(-c3cccs3)c2s1. The second-order valence-electron chi connectivity index (χ2n) is 3.84. The summed E-state index contributed by atoms with van der Waals surface area (Å²) >= 11 is 12.4. The normalized spacial score (nSPS) is 11.6. The minimum absolute atomic E-state index is 1.01. The molecule has 0 aliphatic carbocycles. The number of hydrogen-bond acceptors (Lipinski definition) is 5. The van der Waals surface area contributed by atoms with Crippen LogP contribution in [0.15, 0.2) is 35.0 Å². The highest BCUT2D eigenvalue weighted by atomic mass is 32.2. The second-order valence-corrected chi connectivity index (χ2v) is 8.99. The smallest absolute Gasteiger partial charge is 0.144 e. The van der Waals surface area contributed by atoms with E-state index in [2.05, 4.69) is 35.0 Å². The monoisotopic (exact) mass is 322 g/mol. The minimum Gasteiger partial charge on any atom is -0.144 e. The second kappa shape index (κ2) is 4.21. The first-order valence-corrected chi connectivity index (χ1v) is 9.11. The Labute approximate surface area is 125 Å². The van der Waals surface area contributed by atoms with Gasteiger partial charge in [-0.05, 0) is 29.0 Å². The van der Waals surface area contributed by atoms with Crippen molar-refractivity contribution in [3.63, 3.8) is 0 Å². The lowest BCUT2D eigenvalue weighted by Crippen LogP contribution is -1.74. The molecule has 3 aromatic heterocycles. The van der Waals surface area contributed by atoms with Gasteiger partial charge >= 0.3 is 0 Å². The molecule has 0 saturated carbocycles. The van der Waals surface area contributed by atoms with Crippen molar-refractivity contribution in [3.8, 4) is 10.4 Å². The molecule has 0 aliphatic rings. The first-order chi connectivity index (χ1) is 8.83. The standard InChI is InChI=1S/C13H6S5/c14-13-17-10-6-9-7(3-5-16-9)11(12(10)18-13)8-2-1-4-15-8/h1-6H. The maximum Gasteiger partial charge on any atom is 0.144 e. The topological polar surface area (TPSA) is 0 Å². The molecule has 0 amide bonds. The van der Waals surface area contributed by atoms with Gasteiger partial charge in [-0.1, -0.05) is 18.3 Å². The average molecular weight is 323 g/mol. The first kappa shape index (κ1) is 11.3. The number of thiophene rings is 2. The highest BCUT2D eigenvalue weighted by molar-refractivity contribution is 7.77. The van der Waals surface area contributed by atoms with Crippen LogP contribution in [-0.2, 0) is 0 Å². The van der Waals surface area contributed by atoms with E-state index >= 15 is 0 Å². The predicted molar refractivity (Wildman–Crippen MR) is 89.2 cm³/mol. The summed E-state index contributed by atoms with van der Waals surface area (Å²) in [5.74, 6) is 0. The Bertz CT molecular complexity index is 889. The first-order valence-electron chi connectivity index (χ1n) is 5.30. The molecule has 88 valence electrons. The van der Waals surface area contributed by atoms with Gasteiger partial charge in [-0.3, -0.25) is 0 Å². The zero-order valence-electron chi connectivity index (χ0n) is 9.01. The molecule has 0 saturated heterocycles. The van der Waals surface area contributed by atoms with E-state index in [-0.39, 0.29) is 0 Å². The summed E-state index contributed by atoms with van der Waals surface area (Å²) < 4.78 is 5.04. The van der Waals surface area contributed by atoms with Crippen molar-refractivity contribution < 1.29 is 0 Å². The minimum atomic E-state index is 1.01. The molecule has 0 nitrogen and oxygen atoms in total. The lowest BCUT2D eigenvalue weighted by molar-refractivity contribution is 1.95. The van der Waals surface area contributed by atoms with Crippen LogP contribution in [0.25, 0.3) is 29.9 Å². The molecule has 0 spiro atoms. The number of fused-ring (bicyclic) bond motifs is 2. The van der Waals surface area contributed by atoms with Crippen molar-refractivity contribution in [2.24, 2.45) is 0 Å². The van der Waals surface area contributed by atoms with Crippen molar-refractivity contribution in [1.82, 2.24) is 0 Å². The molecule has 18 heavy (non-hydrogen) atoms. The Kier molecular flexibility index (Phi) is 2.63. The summed E-state index contributed by atoms with van der Waals surface area (Å²) in [5.41, 5.74) is 1.37. The molecule has 5 heteroatoms. The summed E-state index contributed by atoms with van der Waals surface area (Å²) in [7, 11) is 0. The Morgan fingerprint density at radius 1 is 0.944 bits per heavy atom. The lowest BCUT2D eigenvalue weighted by atomic mass is 10.1. The van der Waals surface area contributed by atoms with Gasteiger partial charge in [0.1, 0.15) is 3.14 Å². The van der Waals surface area contributed by atoms with Crippen LogP contribution in [0.2, 0.25) is 0 Å². The zero-order chi connectivity index (χ0) is 12.1. The van der Waals surface area contributed by atoms with Crippen LogP contribution in [0, 0.1) is 3.14 Å². The third kappa shape index (κ3) is 1.62. The molecule has 0 fully saturated rings. The van der Waals surface area contributed by atoms with E-state index in [0.29, 0.717) is 0 Å². The Morgan fingerprint density at radius 3 is 2.72 bits per heavy atom. The number of benzene rings is 1. The molecular weight excluding hydrogens is 316 g/mol. The van der Waals surface area contributed by atoms with Crippen LogP contribution in [0.3, 0.4) is 0 Å². The van der Waals surface area contributed by atoms with Crippen molar-refractivity contribution in [2.75, 3.05) is 0 Å². The van der Waals surface area contributed by atoms with E-state index < -0.39 is 0 Å². The lowest BCUT2D eigenvalue weighted by Gasteiger charge is -2.02. The highest BCUT2D eigenvalue weighted by Crippen LogP contribution is 2.44. The molecule has 0 aliphatic heterocycles. The van der Waals surface area contributed by atoms with Gasteiger partial charge in [-0.2, -0.15) is 0 Å². The largest absolute Gasteiger partial charge is 0.144 e. The van der Waals surface area contributed by atoms with Gasteiger partial charge in [0.15, 0.2) is 0 Å². The van der Waals surface area contributed by atoms with Crippen LogP contribution < -0.4 is 0 Å². The molecular formula is C13H6S5. The van der Waals surface area contributed by atoms with E-state index in [9.17, 15) is 0 Å². The maximum atomic E-state index is 5.36. The number of hydrogen-bond donors (Lipinski definition) is 0. The molecule has 0 unspecified atom stereocenters. The van der Waals surface area contributed by atoms with E-state index in [4.69, 9.17) is 12.2 Å². The van der Waals surface area contributed by atoms with Crippen LogP contribution in [0.4, 0.5) is 0 Å². The van der Waals surface area contributed by atoms with E-state index in [1.165, 1.54) is 29.9 Å².